The number of rotatable bonds is 4. The Morgan fingerprint density at radius 3 is 1.95 bits per heavy atom. The van der Waals surface area contributed by atoms with Crippen molar-refractivity contribution in [2.45, 2.75) is 18.6 Å². The molecule has 0 bridgehead atoms. The van der Waals surface area contributed by atoms with Gasteiger partial charge in [0.25, 0.3) is 0 Å². The molecular formula is C15H14ClF4NO. The number of aliphatic hydroxyl groups is 1. The van der Waals surface area contributed by atoms with Crippen LogP contribution in [-0.4, -0.2) is 11.2 Å². The summed E-state index contributed by atoms with van der Waals surface area (Å²) in [7, 11) is 0. The van der Waals surface area contributed by atoms with Crippen molar-refractivity contribution in [2.75, 3.05) is 0 Å². The minimum atomic E-state index is -1.59. The topological polar surface area (TPSA) is 46.2 Å². The summed E-state index contributed by atoms with van der Waals surface area (Å²) >= 11 is 0. The van der Waals surface area contributed by atoms with Gasteiger partial charge in [-0.2, -0.15) is 0 Å². The average molecular weight is 336 g/mol. The molecule has 0 spiro atoms. The lowest BCUT2D eigenvalue weighted by Gasteiger charge is -2.20. The maximum Gasteiger partial charge on any atom is 0.166 e. The Bertz CT molecular complexity index is 613. The van der Waals surface area contributed by atoms with Gasteiger partial charge in [-0.1, -0.05) is 30.3 Å². The molecule has 2 atom stereocenters. The molecule has 0 saturated carbocycles. The second kappa shape index (κ2) is 7.58. The molecule has 2 aromatic carbocycles. The van der Waals surface area contributed by atoms with E-state index in [1.165, 1.54) is 0 Å². The molecule has 0 fully saturated rings. The quantitative estimate of drug-likeness (QED) is 0.665. The highest BCUT2D eigenvalue weighted by Crippen LogP contribution is 2.27. The molecule has 0 aromatic heterocycles. The van der Waals surface area contributed by atoms with Crippen LogP contribution < -0.4 is 5.73 Å². The van der Waals surface area contributed by atoms with E-state index in [0.29, 0.717) is 5.56 Å². The summed E-state index contributed by atoms with van der Waals surface area (Å²) in [6.45, 7) is 0. The van der Waals surface area contributed by atoms with Gasteiger partial charge < -0.3 is 10.8 Å². The van der Waals surface area contributed by atoms with E-state index in [-0.39, 0.29) is 24.9 Å². The average Bonchev–Trinajstić information content (AvgIpc) is 2.46. The number of benzene rings is 2. The van der Waals surface area contributed by atoms with Crippen LogP contribution in [0, 0.1) is 23.3 Å². The van der Waals surface area contributed by atoms with E-state index in [2.05, 4.69) is 0 Å². The highest BCUT2D eigenvalue weighted by Gasteiger charge is 2.28. The van der Waals surface area contributed by atoms with Crippen LogP contribution >= 0.6 is 12.4 Å². The fourth-order valence-electron chi connectivity index (χ4n) is 2.06. The first-order chi connectivity index (χ1) is 9.91. The predicted octanol–water partition coefficient (Wildman–Crippen LogP) is 3.27. The third-order valence-corrected chi connectivity index (χ3v) is 3.18. The number of hydrogen-bond donors (Lipinski definition) is 2. The van der Waals surface area contributed by atoms with Crippen LogP contribution in [0.2, 0.25) is 0 Å². The van der Waals surface area contributed by atoms with E-state index in [0.717, 1.165) is 0 Å². The van der Waals surface area contributed by atoms with Crippen LogP contribution in [0.1, 0.15) is 17.2 Å². The molecular weight excluding hydrogens is 322 g/mol. The summed E-state index contributed by atoms with van der Waals surface area (Å²) in [4.78, 5) is 0. The van der Waals surface area contributed by atoms with Gasteiger partial charge in [-0.15, -0.1) is 12.4 Å². The van der Waals surface area contributed by atoms with Crippen molar-refractivity contribution in [1.29, 1.82) is 0 Å². The van der Waals surface area contributed by atoms with Gasteiger partial charge in [0, 0.05) is 18.1 Å². The standard InChI is InChI=1S/C15H13F4NO.ClH/c16-9-7-10(17)14(19)12(13(9)18)15(20)11(21)6-8-4-2-1-3-5-8;/h1-5,7,11,15,21H,6,20H2;1H/t11-,15-;/m0./s1. The number of hydrogen-bond acceptors (Lipinski definition) is 2. The second-order valence-electron chi connectivity index (χ2n) is 4.66. The van der Waals surface area contributed by atoms with Crippen molar-refractivity contribution in [3.63, 3.8) is 0 Å². The highest BCUT2D eigenvalue weighted by atomic mass is 35.5. The first-order valence-corrected chi connectivity index (χ1v) is 6.22. The van der Waals surface area contributed by atoms with Crippen molar-refractivity contribution in [2.24, 2.45) is 5.73 Å². The zero-order valence-electron chi connectivity index (χ0n) is 11.3. The van der Waals surface area contributed by atoms with Gasteiger partial charge in [-0.3, -0.25) is 0 Å². The lowest BCUT2D eigenvalue weighted by atomic mass is 9.95. The lowest BCUT2D eigenvalue weighted by Crippen LogP contribution is -2.30. The Labute approximate surface area is 131 Å². The summed E-state index contributed by atoms with van der Waals surface area (Å²) in [5.74, 6) is -6.28. The van der Waals surface area contributed by atoms with Crippen LogP contribution in [0.5, 0.6) is 0 Å². The van der Waals surface area contributed by atoms with Gasteiger partial charge >= 0.3 is 0 Å². The van der Waals surface area contributed by atoms with E-state index in [1.54, 1.807) is 30.3 Å². The summed E-state index contributed by atoms with van der Waals surface area (Å²) in [6, 6.07) is 7.09. The van der Waals surface area contributed by atoms with Crippen LogP contribution in [0.25, 0.3) is 0 Å². The van der Waals surface area contributed by atoms with Crippen LogP contribution in [0.15, 0.2) is 36.4 Å². The maximum absolute atomic E-state index is 13.6. The zero-order valence-corrected chi connectivity index (χ0v) is 12.1. The van der Waals surface area contributed by atoms with Crippen molar-refractivity contribution >= 4 is 12.4 Å². The van der Waals surface area contributed by atoms with Gasteiger partial charge in [0.1, 0.15) is 0 Å². The van der Waals surface area contributed by atoms with E-state index in [9.17, 15) is 22.7 Å². The maximum atomic E-state index is 13.6. The Morgan fingerprint density at radius 1 is 0.955 bits per heavy atom. The first kappa shape index (κ1) is 18.4. The lowest BCUT2D eigenvalue weighted by molar-refractivity contribution is 0.140. The molecule has 0 aliphatic carbocycles. The van der Waals surface area contributed by atoms with Gasteiger partial charge in [0.05, 0.1) is 12.1 Å². The van der Waals surface area contributed by atoms with E-state index < -0.39 is 41.0 Å². The smallest absolute Gasteiger partial charge is 0.166 e. The Hall–Kier alpha value is -1.63. The SMILES string of the molecule is Cl.N[C@H](c1c(F)c(F)cc(F)c1F)[C@@H](O)Cc1ccccc1. The predicted molar refractivity (Wildman–Crippen MR) is 76.6 cm³/mol. The monoisotopic (exact) mass is 335 g/mol. The largest absolute Gasteiger partial charge is 0.391 e. The van der Waals surface area contributed by atoms with Crippen LogP contribution in [-0.2, 0) is 6.42 Å². The second-order valence-corrected chi connectivity index (χ2v) is 4.66. The number of nitrogens with two attached hydrogens (primary N) is 1. The summed E-state index contributed by atoms with van der Waals surface area (Å²) in [5, 5.41) is 9.95. The molecule has 0 aliphatic rings. The van der Waals surface area contributed by atoms with Gasteiger partial charge in [-0.05, 0) is 5.56 Å². The number of halogens is 5. The molecule has 7 heteroatoms. The minimum Gasteiger partial charge on any atom is -0.391 e. The van der Waals surface area contributed by atoms with Crippen molar-refractivity contribution in [3.05, 3.63) is 70.8 Å². The molecule has 120 valence electrons. The van der Waals surface area contributed by atoms with Crippen molar-refractivity contribution in [3.8, 4) is 0 Å². The van der Waals surface area contributed by atoms with Crippen molar-refractivity contribution < 1.29 is 22.7 Å². The Morgan fingerprint density at radius 2 is 1.45 bits per heavy atom. The minimum absolute atomic E-state index is 0. The van der Waals surface area contributed by atoms with Gasteiger partial charge in [0.15, 0.2) is 23.3 Å². The third kappa shape index (κ3) is 3.76. The van der Waals surface area contributed by atoms with Crippen LogP contribution in [0.3, 0.4) is 0 Å². The zero-order chi connectivity index (χ0) is 15.6. The highest BCUT2D eigenvalue weighted by molar-refractivity contribution is 5.85. The Kier molecular flexibility index (Phi) is 6.34. The van der Waals surface area contributed by atoms with Gasteiger partial charge in [0.2, 0.25) is 0 Å². The summed E-state index contributed by atoms with van der Waals surface area (Å²) < 4.78 is 53.5. The molecule has 2 nitrogen and oxygen atoms in total. The van der Waals surface area contributed by atoms with Crippen molar-refractivity contribution in [1.82, 2.24) is 0 Å². The molecule has 0 heterocycles. The first-order valence-electron chi connectivity index (χ1n) is 6.22. The fraction of sp³-hybridized carbons (Fsp3) is 0.200. The molecule has 2 aromatic rings. The van der Waals surface area contributed by atoms with E-state index in [1.807, 2.05) is 0 Å². The molecule has 0 aliphatic heterocycles. The molecule has 0 saturated heterocycles. The summed E-state index contributed by atoms with van der Waals surface area (Å²) in [5.41, 5.74) is 5.25. The Balaban J connectivity index is 0.00000242. The molecule has 2 rings (SSSR count). The molecule has 22 heavy (non-hydrogen) atoms. The molecule has 0 radical (unpaired) electrons. The normalized spacial score (nSPS) is 13.4. The molecule has 0 unspecified atom stereocenters. The fourth-order valence-corrected chi connectivity index (χ4v) is 2.06. The van der Waals surface area contributed by atoms with E-state index >= 15 is 0 Å². The number of aliphatic hydroxyl groups excluding tert-OH is 1. The van der Waals surface area contributed by atoms with Gasteiger partial charge in [-0.25, -0.2) is 17.6 Å². The van der Waals surface area contributed by atoms with Crippen LogP contribution in [0.4, 0.5) is 17.6 Å². The summed E-state index contributed by atoms with van der Waals surface area (Å²) in [6.07, 6.45) is -1.39. The molecule has 3 N–H and O–H groups in total. The third-order valence-electron chi connectivity index (χ3n) is 3.18. The van der Waals surface area contributed by atoms with E-state index in [4.69, 9.17) is 5.73 Å². The molecule has 0 amide bonds.